The molecule has 1 saturated heterocycles. The molecule has 0 bridgehead atoms. The van der Waals surface area contributed by atoms with Crippen molar-refractivity contribution < 1.29 is 4.79 Å². The van der Waals surface area contributed by atoms with Crippen LogP contribution >= 0.6 is 0 Å². The Bertz CT molecular complexity index is 224. The summed E-state index contributed by atoms with van der Waals surface area (Å²) in [6.07, 6.45) is 6.34. The van der Waals surface area contributed by atoms with Crippen molar-refractivity contribution in [2.45, 2.75) is 32.1 Å². The van der Waals surface area contributed by atoms with E-state index in [4.69, 9.17) is 0 Å². The van der Waals surface area contributed by atoms with Crippen LogP contribution in [0, 0.1) is 17.3 Å². The van der Waals surface area contributed by atoms with E-state index < -0.39 is 0 Å². The molecule has 3 atom stereocenters. The van der Waals surface area contributed by atoms with Gasteiger partial charge in [-0.1, -0.05) is 0 Å². The molecule has 1 aliphatic heterocycles. The highest BCUT2D eigenvalue weighted by molar-refractivity contribution is 5.79. The van der Waals surface area contributed by atoms with E-state index in [1.807, 2.05) is 0 Å². The average Bonchev–Trinajstić information content (AvgIpc) is 2.47. The Balaban J connectivity index is 1.80. The number of hydrogen-bond donors (Lipinski definition) is 1. The molecule has 3 aliphatic rings. The number of carbonyl (C=O) groups excluding carboxylic acids is 1. The highest BCUT2D eigenvalue weighted by atomic mass is 16.1. The number of carbonyl (C=O) groups is 1. The second-order valence-electron chi connectivity index (χ2n) is 4.96. The minimum Gasteiger partial charge on any atom is -0.356 e. The van der Waals surface area contributed by atoms with Gasteiger partial charge >= 0.3 is 0 Å². The summed E-state index contributed by atoms with van der Waals surface area (Å²) in [6, 6.07) is 0. The Kier molecular flexibility index (Phi) is 1.18. The molecule has 0 aromatic carbocycles. The Morgan fingerprint density at radius 2 is 1.92 bits per heavy atom. The van der Waals surface area contributed by atoms with Crippen molar-refractivity contribution in [2.75, 3.05) is 6.54 Å². The molecular formula is C10H15NO. The first-order chi connectivity index (χ1) is 5.77. The van der Waals surface area contributed by atoms with Crippen LogP contribution in [-0.4, -0.2) is 12.5 Å². The molecule has 2 aliphatic carbocycles. The zero-order valence-corrected chi connectivity index (χ0v) is 7.31. The second kappa shape index (κ2) is 2.04. The van der Waals surface area contributed by atoms with Crippen LogP contribution in [0.15, 0.2) is 0 Å². The SMILES string of the molecule is O=C1C[C@]2(CN1)C[C@H]1CC[C@H]1C2. The summed E-state index contributed by atoms with van der Waals surface area (Å²) in [6.45, 7) is 0.971. The average molecular weight is 165 g/mol. The van der Waals surface area contributed by atoms with Crippen molar-refractivity contribution in [3.05, 3.63) is 0 Å². The molecule has 1 N–H and O–H groups in total. The van der Waals surface area contributed by atoms with Gasteiger partial charge in [0.2, 0.25) is 5.91 Å². The molecule has 1 amide bonds. The van der Waals surface area contributed by atoms with E-state index in [2.05, 4.69) is 5.32 Å². The lowest BCUT2D eigenvalue weighted by Crippen LogP contribution is -2.20. The first-order valence-electron chi connectivity index (χ1n) is 5.04. The van der Waals surface area contributed by atoms with Gasteiger partial charge in [-0.2, -0.15) is 0 Å². The maximum absolute atomic E-state index is 11.1. The van der Waals surface area contributed by atoms with E-state index in [-0.39, 0.29) is 5.91 Å². The van der Waals surface area contributed by atoms with Crippen molar-refractivity contribution in [3.8, 4) is 0 Å². The van der Waals surface area contributed by atoms with E-state index in [9.17, 15) is 4.79 Å². The predicted molar refractivity (Wildman–Crippen MR) is 45.5 cm³/mol. The third-order valence-corrected chi connectivity index (χ3v) is 4.16. The Hall–Kier alpha value is -0.530. The summed E-state index contributed by atoms with van der Waals surface area (Å²) in [7, 11) is 0. The van der Waals surface area contributed by atoms with Crippen molar-refractivity contribution in [1.82, 2.24) is 5.32 Å². The molecule has 2 nitrogen and oxygen atoms in total. The quantitative estimate of drug-likeness (QED) is 0.576. The molecule has 2 heteroatoms. The molecule has 12 heavy (non-hydrogen) atoms. The number of hydrogen-bond acceptors (Lipinski definition) is 1. The Morgan fingerprint density at radius 1 is 1.25 bits per heavy atom. The first kappa shape index (κ1) is 6.93. The van der Waals surface area contributed by atoms with Gasteiger partial charge in [-0.25, -0.2) is 0 Å². The molecule has 1 spiro atoms. The topological polar surface area (TPSA) is 29.1 Å². The number of fused-ring (bicyclic) bond motifs is 1. The van der Waals surface area contributed by atoms with Crippen LogP contribution in [0.4, 0.5) is 0 Å². The fourth-order valence-corrected chi connectivity index (χ4v) is 3.41. The van der Waals surface area contributed by atoms with Crippen LogP contribution in [0.5, 0.6) is 0 Å². The van der Waals surface area contributed by atoms with Gasteiger partial charge in [0.15, 0.2) is 0 Å². The van der Waals surface area contributed by atoms with Crippen LogP contribution in [0.1, 0.15) is 32.1 Å². The lowest BCUT2D eigenvalue weighted by atomic mass is 9.77. The van der Waals surface area contributed by atoms with Crippen LogP contribution < -0.4 is 5.32 Å². The minimum atomic E-state index is 0.288. The summed E-state index contributed by atoms with van der Waals surface area (Å²) in [5, 5.41) is 2.98. The molecule has 1 heterocycles. The third kappa shape index (κ3) is 0.782. The molecule has 0 aromatic rings. The predicted octanol–water partition coefficient (Wildman–Crippen LogP) is 1.31. The highest BCUT2D eigenvalue weighted by Gasteiger charge is 2.51. The van der Waals surface area contributed by atoms with E-state index in [0.717, 1.165) is 24.8 Å². The van der Waals surface area contributed by atoms with E-state index in [1.165, 1.54) is 25.7 Å². The molecule has 0 unspecified atom stereocenters. The molecule has 66 valence electrons. The molecule has 0 radical (unpaired) electrons. The summed E-state index contributed by atoms with van der Waals surface area (Å²) in [5.41, 5.74) is 0.406. The Labute approximate surface area is 72.7 Å². The van der Waals surface area contributed by atoms with E-state index in [0.29, 0.717) is 5.41 Å². The van der Waals surface area contributed by atoms with E-state index in [1.54, 1.807) is 0 Å². The molecule has 3 fully saturated rings. The fourth-order valence-electron chi connectivity index (χ4n) is 3.41. The number of nitrogens with one attached hydrogen (secondary N) is 1. The molecular weight excluding hydrogens is 150 g/mol. The fraction of sp³-hybridized carbons (Fsp3) is 0.900. The van der Waals surface area contributed by atoms with Gasteiger partial charge in [0, 0.05) is 13.0 Å². The van der Waals surface area contributed by atoms with Crippen LogP contribution in [-0.2, 0) is 4.79 Å². The van der Waals surface area contributed by atoms with Crippen LogP contribution in [0.3, 0.4) is 0 Å². The normalized spacial score (nSPS) is 50.5. The smallest absolute Gasteiger partial charge is 0.220 e. The van der Waals surface area contributed by atoms with Gasteiger partial charge in [-0.15, -0.1) is 0 Å². The van der Waals surface area contributed by atoms with Crippen LogP contribution in [0.2, 0.25) is 0 Å². The number of amides is 1. The van der Waals surface area contributed by atoms with Gasteiger partial charge in [-0.05, 0) is 42.9 Å². The van der Waals surface area contributed by atoms with E-state index >= 15 is 0 Å². The Morgan fingerprint density at radius 3 is 2.33 bits per heavy atom. The van der Waals surface area contributed by atoms with Gasteiger partial charge < -0.3 is 5.32 Å². The van der Waals surface area contributed by atoms with Gasteiger partial charge in [0.1, 0.15) is 0 Å². The van der Waals surface area contributed by atoms with Crippen LogP contribution in [0.25, 0.3) is 0 Å². The first-order valence-corrected chi connectivity index (χ1v) is 5.04. The van der Waals surface area contributed by atoms with Gasteiger partial charge in [0.25, 0.3) is 0 Å². The summed E-state index contributed by atoms with van der Waals surface area (Å²) in [4.78, 5) is 11.1. The largest absolute Gasteiger partial charge is 0.356 e. The van der Waals surface area contributed by atoms with Crippen molar-refractivity contribution in [2.24, 2.45) is 17.3 Å². The standard InChI is InChI=1S/C10H15NO/c12-9-5-10(6-11-9)3-7-1-2-8(7)4-10/h7-8H,1-6H2,(H,11,12)/t7-,8+,10+. The van der Waals surface area contributed by atoms with Gasteiger partial charge in [0.05, 0.1) is 0 Å². The second-order valence-corrected chi connectivity index (χ2v) is 4.96. The maximum atomic E-state index is 11.1. The lowest BCUT2D eigenvalue weighted by molar-refractivity contribution is -0.119. The highest BCUT2D eigenvalue weighted by Crippen LogP contribution is 2.57. The van der Waals surface area contributed by atoms with Crippen molar-refractivity contribution in [1.29, 1.82) is 0 Å². The monoisotopic (exact) mass is 165 g/mol. The summed E-state index contributed by atoms with van der Waals surface area (Å²) < 4.78 is 0. The van der Waals surface area contributed by atoms with Gasteiger partial charge in [-0.3, -0.25) is 4.79 Å². The zero-order chi connectivity index (χ0) is 8.18. The maximum Gasteiger partial charge on any atom is 0.220 e. The molecule has 3 rings (SSSR count). The molecule has 0 aromatic heterocycles. The minimum absolute atomic E-state index is 0.288. The third-order valence-electron chi connectivity index (χ3n) is 4.16. The summed E-state index contributed by atoms with van der Waals surface area (Å²) >= 11 is 0. The van der Waals surface area contributed by atoms with Crippen molar-refractivity contribution >= 4 is 5.91 Å². The number of rotatable bonds is 0. The zero-order valence-electron chi connectivity index (χ0n) is 7.31. The lowest BCUT2D eigenvalue weighted by Gasteiger charge is -2.29. The molecule has 2 saturated carbocycles. The summed E-state index contributed by atoms with van der Waals surface area (Å²) in [5.74, 6) is 2.26. The van der Waals surface area contributed by atoms with Crippen molar-refractivity contribution in [3.63, 3.8) is 0 Å².